The van der Waals surface area contributed by atoms with E-state index >= 15 is 0 Å². The van der Waals surface area contributed by atoms with Gasteiger partial charge in [-0.1, -0.05) is 54.3 Å². The summed E-state index contributed by atoms with van der Waals surface area (Å²) in [4.78, 5) is 2.31. The molecule has 0 saturated carbocycles. The summed E-state index contributed by atoms with van der Waals surface area (Å²) in [5.41, 5.74) is 1.24. The van der Waals surface area contributed by atoms with Crippen LogP contribution in [0, 0.1) is 11.8 Å². The summed E-state index contributed by atoms with van der Waals surface area (Å²) in [6, 6.07) is 14.8. The van der Waals surface area contributed by atoms with Gasteiger partial charge in [-0.15, -0.1) is 0 Å². The molecule has 2 nitrogen and oxygen atoms in total. The molecule has 0 aliphatic rings. The van der Waals surface area contributed by atoms with E-state index in [0.29, 0.717) is 0 Å². The maximum absolute atomic E-state index is 8.60. The van der Waals surface area contributed by atoms with Crippen molar-refractivity contribution in [2.75, 3.05) is 24.6 Å². The Kier molecular flexibility index (Phi) is 5.23. The highest BCUT2D eigenvalue weighted by molar-refractivity contribution is 5.94. The number of benzene rings is 2. The average molecular weight is 265 g/mol. The molecule has 0 unspecified atom stereocenters. The quantitative estimate of drug-likeness (QED) is 0.858. The van der Waals surface area contributed by atoms with E-state index in [9.17, 15) is 0 Å². The van der Waals surface area contributed by atoms with Crippen LogP contribution in [0.4, 0.5) is 5.69 Å². The number of hydrogen-bond acceptors (Lipinski definition) is 2. The molecule has 0 saturated heterocycles. The van der Waals surface area contributed by atoms with Gasteiger partial charge in [0.25, 0.3) is 0 Å². The number of hydrogen-bond donors (Lipinski definition) is 1. The van der Waals surface area contributed by atoms with Crippen LogP contribution in [0.25, 0.3) is 10.8 Å². The highest BCUT2D eigenvalue weighted by Crippen LogP contribution is 2.26. The van der Waals surface area contributed by atoms with Crippen molar-refractivity contribution in [3.63, 3.8) is 0 Å². The molecule has 102 valence electrons. The van der Waals surface area contributed by atoms with Crippen LogP contribution in [-0.4, -0.2) is 24.8 Å². The molecular weight excluding hydrogens is 246 g/mol. The Morgan fingerprint density at radius 3 is 2.75 bits per heavy atom. The van der Waals surface area contributed by atoms with E-state index in [1.165, 1.54) is 16.5 Å². The largest absolute Gasteiger partial charge is 0.384 e. The van der Waals surface area contributed by atoms with Crippen LogP contribution < -0.4 is 4.90 Å². The number of rotatable bonds is 4. The zero-order chi connectivity index (χ0) is 14.2. The van der Waals surface area contributed by atoms with Crippen LogP contribution in [-0.2, 0) is 0 Å². The highest BCUT2D eigenvalue weighted by Gasteiger charge is 2.06. The van der Waals surface area contributed by atoms with E-state index in [1.54, 1.807) is 6.08 Å². The molecule has 2 aromatic carbocycles. The van der Waals surface area contributed by atoms with Gasteiger partial charge in [0.2, 0.25) is 0 Å². The Morgan fingerprint density at radius 2 is 1.95 bits per heavy atom. The lowest BCUT2D eigenvalue weighted by atomic mass is 10.1. The molecule has 0 fully saturated rings. The van der Waals surface area contributed by atoms with Gasteiger partial charge in [0.1, 0.15) is 6.61 Å². The minimum absolute atomic E-state index is 0.0921. The first-order chi connectivity index (χ1) is 9.86. The number of allylic oxidation sites excluding steroid dienone is 1. The number of likely N-dealkylation sites (N-methyl/N-ethyl adjacent to an activating group) is 1. The molecule has 0 aromatic heterocycles. The molecule has 20 heavy (non-hydrogen) atoms. The van der Waals surface area contributed by atoms with Crippen molar-refractivity contribution in [1.82, 2.24) is 0 Å². The predicted molar refractivity (Wildman–Crippen MR) is 85.8 cm³/mol. The fourth-order valence-electron chi connectivity index (χ4n) is 2.23. The van der Waals surface area contributed by atoms with Crippen LogP contribution in [0.15, 0.2) is 54.6 Å². The summed E-state index contributed by atoms with van der Waals surface area (Å²) >= 11 is 0. The molecule has 2 heteroatoms. The fraction of sp³-hybridized carbons (Fsp3) is 0.222. The van der Waals surface area contributed by atoms with Crippen LogP contribution >= 0.6 is 0 Å². The van der Waals surface area contributed by atoms with Crippen molar-refractivity contribution in [3.05, 3.63) is 54.6 Å². The van der Waals surface area contributed by atoms with Crippen molar-refractivity contribution in [2.45, 2.75) is 6.92 Å². The van der Waals surface area contributed by atoms with Crippen molar-refractivity contribution < 1.29 is 5.11 Å². The normalized spacial score (nSPS) is 10.5. The van der Waals surface area contributed by atoms with Gasteiger partial charge < -0.3 is 10.0 Å². The second-order valence-corrected chi connectivity index (χ2v) is 4.42. The molecule has 0 heterocycles. The highest BCUT2D eigenvalue weighted by atomic mass is 16.2. The molecule has 1 N–H and O–H groups in total. The van der Waals surface area contributed by atoms with Crippen molar-refractivity contribution in [2.24, 2.45) is 0 Å². The van der Waals surface area contributed by atoms with Gasteiger partial charge in [0.05, 0.1) is 0 Å². The van der Waals surface area contributed by atoms with E-state index in [-0.39, 0.29) is 6.61 Å². The molecule has 0 atom stereocenters. The van der Waals surface area contributed by atoms with E-state index in [4.69, 9.17) is 5.11 Å². The van der Waals surface area contributed by atoms with Gasteiger partial charge >= 0.3 is 0 Å². The standard InChI is InChI=1S/C18H19NO/c1-2-19(14-7-3-4-8-15-20)18-13-9-11-16-10-5-6-12-17(16)18/h3,5-7,9-13,20H,2,14-15H2,1H3. The molecular formula is C18H19NO. The third-order valence-corrected chi connectivity index (χ3v) is 3.20. The van der Waals surface area contributed by atoms with Gasteiger partial charge in [-0.25, -0.2) is 0 Å². The minimum atomic E-state index is -0.0921. The Labute approximate surface area is 120 Å². The Hall–Kier alpha value is -2.24. The predicted octanol–water partition coefficient (Wildman–Crippen LogP) is 3.22. The van der Waals surface area contributed by atoms with Crippen LogP contribution in [0.2, 0.25) is 0 Å². The topological polar surface area (TPSA) is 23.5 Å². The Balaban J connectivity index is 2.23. The zero-order valence-electron chi connectivity index (χ0n) is 11.7. The van der Waals surface area contributed by atoms with Gasteiger partial charge in [0, 0.05) is 24.2 Å². The SMILES string of the molecule is CCN(CC=CC#CCO)c1cccc2ccccc12. The lowest BCUT2D eigenvalue weighted by molar-refractivity contribution is 0.350. The first-order valence-electron chi connectivity index (χ1n) is 6.83. The molecule has 0 spiro atoms. The maximum Gasteiger partial charge on any atom is 0.104 e. The second kappa shape index (κ2) is 7.37. The molecule has 2 rings (SSSR count). The van der Waals surface area contributed by atoms with E-state index < -0.39 is 0 Å². The molecule has 0 amide bonds. The van der Waals surface area contributed by atoms with Crippen molar-refractivity contribution in [3.8, 4) is 11.8 Å². The maximum atomic E-state index is 8.60. The molecule has 0 radical (unpaired) electrons. The monoisotopic (exact) mass is 265 g/mol. The number of fused-ring (bicyclic) bond motifs is 1. The third kappa shape index (κ3) is 3.40. The second-order valence-electron chi connectivity index (χ2n) is 4.42. The zero-order valence-corrected chi connectivity index (χ0v) is 11.7. The van der Waals surface area contributed by atoms with Gasteiger partial charge in [0.15, 0.2) is 0 Å². The summed E-state index contributed by atoms with van der Waals surface area (Å²) in [6.07, 6.45) is 3.82. The fourth-order valence-corrected chi connectivity index (χ4v) is 2.23. The van der Waals surface area contributed by atoms with Gasteiger partial charge in [-0.2, -0.15) is 0 Å². The van der Waals surface area contributed by atoms with Gasteiger partial charge in [-0.05, 0) is 24.5 Å². The summed E-state index contributed by atoms with van der Waals surface area (Å²) in [7, 11) is 0. The minimum Gasteiger partial charge on any atom is -0.384 e. The van der Waals surface area contributed by atoms with Crippen molar-refractivity contribution >= 4 is 16.5 Å². The van der Waals surface area contributed by atoms with Crippen molar-refractivity contribution in [1.29, 1.82) is 0 Å². The number of nitrogens with zero attached hydrogens (tertiary/aromatic N) is 1. The number of anilines is 1. The van der Waals surface area contributed by atoms with Crippen LogP contribution in [0.5, 0.6) is 0 Å². The number of aliphatic hydroxyl groups is 1. The molecule has 2 aromatic rings. The Bertz CT molecular complexity index is 644. The average Bonchev–Trinajstić information content (AvgIpc) is 2.51. The lowest BCUT2D eigenvalue weighted by Gasteiger charge is -2.23. The number of aliphatic hydroxyl groups excluding tert-OH is 1. The first kappa shape index (κ1) is 14.2. The van der Waals surface area contributed by atoms with Crippen LogP contribution in [0.1, 0.15) is 6.92 Å². The summed E-state index contributed by atoms with van der Waals surface area (Å²) in [5, 5.41) is 11.1. The summed E-state index contributed by atoms with van der Waals surface area (Å²) in [6.45, 7) is 3.80. The van der Waals surface area contributed by atoms with E-state index in [2.05, 4.69) is 66.1 Å². The molecule has 0 bridgehead atoms. The summed E-state index contributed by atoms with van der Waals surface area (Å²) in [5.74, 6) is 5.41. The van der Waals surface area contributed by atoms with E-state index in [0.717, 1.165) is 13.1 Å². The summed E-state index contributed by atoms with van der Waals surface area (Å²) < 4.78 is 0. The van der Waals surface area contributed by atoms with Gasteiger partial charge in [-0.3, -0.25) is 0 Å². The Morgan fingerprint density at radius 1 is 1.15 bits per heavy atom. The first-order valence-corrected chi connectivity index (χ1v) is 6.83. The third-order valence-electron chi connectivity index (χ3n) is 3.20. The smallest absolute Gasteiger partial charge is 0.104 e. The molecule has 0 aliphatic heterocycles. The lowest BCUT2D eigenvalue weighted by Crippen LogP contribution is -2.22. The van der Waals surface area contributed by atoms with Crippen LogP contribution in [0.3, 0.4) is 0 Å². The molecule has 0 aliphatic carbocycles. The van der Waals surface area contributed by atoms with E-state index in [1.807, 2.05) is 6.08 Å².